The van der Waals surface area contributed by atoms with Crippen LogP contribution in [0.3, 0.4) is 0 Å². The van der Waals surface area contributed by atoms with Crippen molar-refractivity contribution < 1.29 is 9.90 Å². The van der Waals surface area contributed by atoms with E-state index in [0.717, 1.165) is 0 Å². The molecule has 0 saturated carbocycles. The molecular formula is C7H4ClN3O2. The smallest absolute Gasteiger partial charge is 0.341 e. The van der Waals surface area contributed by atoms with Crippen LogP contribution in [-0.2, 0) is 0 Å². The van der Waals surface area contributed by atoms with Crippen LogP contribution in [0.25, 0.3) is 5.65 Å². The monoisotopic (exact) mass is 197 g/mol. The van der Waals surface area contributed by atoms with Gasteiger partial charge in [-0.3, -0.25) is 0 Å². The van der Waals surface area contributed by atoms with Crippen LogP contribution in [0.2, 0.25) is 5.15 Å². The van der Waals surface area contributed by atoms with Crippen LogP contribution in [0.15, 0.2) is 18.5 Å². The molecule has 2 heterocycles. The highest BCUT2D eigenvalue weighted by Gasteiger charge is 2.12. The Bertz CT molecular complexity index is 480. The highest BCUT2D eigenvalue weighted by atomic mass is 35.5. The van der Waals surface area contributed by atoms with Crippen molar-refractivity contribution in [2.45, 2.75) is 0 Å². The van der Waals surface area contributed by atoms with Crippen molar-refractivity contribution in [3.05, 3.63) is 29.2 Å². The maximum atomic E-state index is 10.7. The van der Waals surface area contributed by atoms with E-state index in [9.17, 15) is 4.79 Å². The van der Waals surface area contributed by atoms with E-state index in [0.29, 0.717) is 5.15 Å². The molecule has 0 radical (unpaired) electrons. The molecule has 0 fully saturated rings. The van der Waals surface area contributed by atoms with Crippen LogP contribution in [0.1, 0.15) is 10.4 Å². The molecule has 0 amide bonds. The van der Waals surface area contributed by atoms with Gasteiger partial charge in [0.25, 0.3) is 0 Å². The topological polar surface area (TPSA) is 67.5 Å². The lowest BCUT2D eigenvalue weighted by atomic mass is 10.3. The normalized spacial score (nSPS) is 10.5. The third-order valence-corrected chi connectivity index (χ3v) is 1.87. The van der Waals surface area contributed by atoms with Crippen molar-refractivity contribution in [3.63, 3.8) is 0 Å². The minimum Gasteiger partial charge on any atom is -0.477 e. The van der Waals surface area contributed by atoms with Crippen molar-refractivity contribution in [2.24, 2.45) is 0 Å². The summed E-state index contributed by atoms with van der Waals surface area (Å²) in [6, 6.07) is 1.53. The first-order valence-electron chi connectivity index (χ1n) is 3.41. The summed E-state index contributed by atoms with van der Waals surface area (Å²) in [6.07, 6.45) is 2.66. The molecule has 0 aliphatic heterocycles. The fraction of sp³-hybridized carbons (Fsp3) is 0. The second kappa shape index (κ2) is 2.70. The number of fused-ring (bicyclic) bond motifs is 1. The van der Waals surface area contributed by atoms with Crippen LogP contribution in [0.5, 0.6) is 0 Å². The fourth-order valence-corrected chi connectivity index (χ4v) is 1.19. The summed E-state index contributed by atoms with van der Waals surface area (Å²) in [6.45, 7) is 0. The summed E-state index contributed by atoms with van der Waals surface area (Å²) in [4.78, 5) is 14.5. The predicted molar refractivity (Wildman–Crippen MR) is 45.0 cm³/mol. The Kier molecular flexibility index (Phi) is 1.66. The van der Waals surface area contributed by atoms with Gasteiger partial charge in [0.05, 0.1) is 6.20 Å². The second-order valence-corrected chi connectivity index (χ2v) is 2.75. The zero-order valence-corrected chi connectivity index (χ0v) is 7.06. The molecule has 1 N–H and O–H groups in total. The molecule has 2 aromatic rings. The van der Waals surface area contributed by atoms with Crippen LogP contribution < -0.4 is 0 Å². The van der Waals surface area contributed by atoms with Crippen LogP contribution in [-0.4, -0.2) is 25.7 Å². The largest absolute Gasteiger partial charge is 0.477 e. The average molecular weight is 198 g/mol. The summed E-state index contributed by atoms with van der Waals surface area (Å²) >= 11 is 5.74. The Labute approximate surface area is 77.6 Å². The van der Waals surface area contributed by atoms with Gasteiger partial charge in [-0.2, -0.15) is 5.10 Å². The molecule has 0 aliphatic carbocycles. The zero-order valence-electron chi connectivity index (χ0n) is 6.31. The van der Waals surface area contributed by atoms with E-state index in [4.69, 9.17) is 16.7 Å². The summed E-state index contributed by atoms with van der Waals surface area (Å²) < 4.78 is 1.27. The molecule has 5 nitrogen and oxygen atoms in total. The van der Waals surface area contributed by atoms with E-state index in [1.54, 1.807) is 0 Å². The van der Waals surface area contributed by atoms with Gasteiger partial charge in [0.1, 0.15) is 10.7 Å². The average Bonchev–Trinajstić information content (AvgIpc) is 2.48. The SMILES string of the molecule is O=C(O)c1cnn2c(Cl)ccnc12. The van der Waals surface area contributed by atoms with Crippen molar-refractivity contribution in [1.29, 1.82) is 0 Å². The van der Waals surface area contributed by atoms with Crippen LogP contribution in [0, 0.1) is 0 Å². The van der Waals surface area contributed by atoms with E-state index in [2.05, 4.69) is 10.1 Å². The van der Waals surface area contributed by atoms with Gasteiger partial charge in [0.15, 0.2) is 5.65 Å². The number of aromatic nitrogens is 3. The summed E-state index contributed by atoms with van der Waals surface area (Å²) in [5.41, 5.74) is 0.294. The van der Waals surface area contributed by atoms with Gasteiger partial charge < -0.3 is 5.11 Å². The number of nitrogens with zero attached hydrogens (tertiary/aromatic N) is 3. The van der Waals surface area contributed by atoms with Gasteiger partial charge in [-0.1, -0.05) is 11.6 Å². The third-order valence-electron chi connectivity index (χ3n) is 1.59. The lowest BCUT2D eigenvalue weighted by Gasteiger charge is -1.94. The number of hydrogen-bond donors (Lipinski definition) is 1. The number of rotatable bonds is 1. The summed E-state index contributed by atoms with van der Waals surface area (Å²) in [7, 11) is 0. The zero-order chi connectivity index (χ0) is 9.42. The molecule has 0 saturated heterocycles. The van der Waals surface area contributed by atoms with Crippen LogP contribution >= 0.6 is 11.6 Å². The Balaban J connectivity index is 2.83. The molecule has 0 aliphatic rings. The van der Waals surface area contributed by atoms with Gasteiger partial charge in [0, 0.05) is 6.20 Å². The Morgan fingerprint density at radius 3 is 3.08 bits per heavy atom. The van der Waals surface area contributed by atoms with E-state index >= 15 is 0 Å². The Hall–Kier alpha value is -1.62. The molecule has 0 atom stereocenters. The van der Waals surface area contributed by atoms with Gasteiger partial charge >= 0.3 is 5.97 Å². The van der Waals surface area contributed by atoms with E-state index in [1.165, 1.54) is 23.0 Å². The quantitative estimate of drug-likeness (QED) is 0.695. The number of hydrogen-bond acceptors (Lipinski definition) is 3. The highest BCUT2D eigenvalue weighted by Crippen LogP contribution is 2.12. The first-order chi connectivity index (χ1) is 6.20. The Morgan fingerprint density at radius 1 is 1.62 bits per heavy atom. The van der Waals surface area contributed by atoms with Gasteiger partial charge in [-0.15, -0.1) is 0 Å². The predicted octanol–water partition coefficient (Wildman–Crippen LogP) is 1.08. The van der Waals surface area contributed by atoms with Gasteiger partial charge in [-0.05, 0) is 6.07 Å². The second-order valence-electron chi connectivity index (χ2n) is 2.37. The number of carboxylic acids is 1. The standard InChI is InChI=1S/C7H4ClN3O2/c8-5-1-2-9-6-4(7(12)13)3-10-11(5)6/h1-3H,(H,12,13). The van der Waals surface area contributed by atoms with Gasteiger partial charge in [0.2, 0.25) is 0 Å². The fourth-order valence-electron chi connectivity index (χ4n) is 1.01. The molecule has 13 heavy (non-hydrogen) atoms. The van der Waals surface area contributed by atoms with E-state index in [1.807, 2.05) is 0 Å². The maximum absolute atomic E-state index is 10.7. The van der Waals surface area contributed by atoms with E-state index in [-0.39, 0.29) is 11.2 Å². The lowest BCUT2D eigenvalue weighted by Crippen LogP contribution is -1.97. The lowest BCUT2D eigenvalue weighted by molar-refractivity contribution is 0.0699. The number of aromatic carboxylic acids is 1. The van der Waals surface area contributed by atoms with Crippen molar-refractivity contribution in [1.82, 2.24) is 14.6 Å². The molecule has 66 valence electrons. The minimum atomic E-state index is -1.07. The number of carboxylic acid groups (broad SMARTS) is 1. The van der Waals surface area contributed by atoms with Crippen LogP contribution in [0.4, 0.5) is 0 Å². The Morgan fingerprint density at radius 2 is 2.38 bits per heavy atom. The molecule has 0 aromatic carbocycles. The summed E-state index contributed by atoms with van der Waals surface area (Å²) in [5.74, 6) is -1.07. The molecule has 0 spiro atoms. The van der Waals surface area contributed by atoms with Crippen molar-refractivity contribution >= 4 is 23.2 Å². The van der Waals surface area contributed by atoms with E-state index < -0.39 is 5.97 Å². The minimum absolute atomic E-state index is 0.0440. The summed E-state index contributed by atoms with van der Waals surface area (Å²) in [5, 5.41) is 12.8. The molecular weight excluding hydrogens is 194 g/mol. The third kappa shape index (κ3) is 1.13. The van der Waals surface area contributed by atoms with Crippen molar-refractivity contribution in [2.75, 3.05) is 0 Å². The molecule has 2 aromatic heterocycles. The first-order valence-corrected chi connectivity index (χ1v) is 3.79. The number of carbonyl (C=O) groups is 1. The van der Waals surface area contributed by atoms with Crippen molar-refractivity contribution in [3.8, 4) is 0 Å². The highest BCUT2D eigenvalue weighted by molar-refractivity contribution is 6.29. The number of halogens is 1. The molecule has 0 bridgehead atoms. The molecule has 0 unspecified atom stereocenters. The molecule has 6 heteroatoms. The molecule has 2 rings (SSSR count). The van der Waals surface area contributed by atoms with Gasteiger partial charge in [-0.25, -0.2) is 14.3 Å². The first kappa shape index (κ1) is 8.00. The maximum Gasteiger partial charge on any atom is 0.341 e.